The summed E-state index contributed by atoms with van der Waals surface area (Å²) in [4.78, 5) is 30.6. The lowest BCUT2D eigenvalue weighted by atomic mass is 9.95. The van der Waals surface area contributed by atoms with Gasteiger partial charge in [0, 0.05) is 18.4 Å². The quantitative estimate of drug-likeness (QED) is 0.596. The average Bonchev–Trinajstić information content (AvgIpc) is 3.36. The average molecular weight is 458 g/mol. The van der Waals surface area contributed by atoms with Gasteiger partial charge in [0.2, 0.25) is 0 Å². The van der Waals surface area contributed by atoms with Crippen molar-refractivity contribution in [1.29, 1.82) is 0 Å². The minimum absolute atomic E-state index is 0.0691. The van der Waals surface area contributed by atoms with Crippen LogP contribution in [0.4, 0.5) is 23.4 Å². The lowest BCUT2D eigenvalue weighted by Gasteiger charge is -2.26. The smallest absolute Gasteiger partial charge is 0.364 e. The fraction of sp³-hybridized carbons (Fsp3) is 0.318. The number of rotatable bonds is 4. The molecule has 0 spiro atoms. The Bertz CT molecular complexity index is 1170. The van der Waals surface area contributed by atoms with Crippen LogP contribution in [0.5, 0.6) is 0 Å². The molecule has 7 nitrogen and oxygen atoms in total. The van der Waals surface area contributed by atoms with Gasteiger partial charge >= 0.3 is 6.18 Å². The summed E-state index contributed by atoms with van der Waals surface area (Å²) < 4.78 is 52.9. The molecule has 11 heteroatoms. The van der Waals surface area contributed by atoms with Crippen molar-refractivity contribution in [1.82, 2.24) is 24.8 Å². The molecule has 5 rings (SSSR count). The Kier molecular flexibility index (Phi) is 5.18. The highest BCUT2D eigenvalue weighted by Gasteiger charge is 2.49. The molecule has 1 amide bonds. The molecular formula is C22H18F4N6O. The Labute approximate surface area is 185 Å². The van der Waals surface area contributed by atoms with Gasteiger partial charge in [-0.2, -0.15) is 13.2 Å². The molecule has 2 aromatic heterocycles. The van der Waals surface area contributed by atoms with Gasteiger partial charge in [0.1, 0.15) is 11.6 Å². The van der Waals surface area contributed by atoms with Crippen LogP contribution in [0.15, 0.2) is 49.2 Å². The van der Waals surface area contributed by atoms with E-state index in [1.807, 2.05) is 0 Å². The minimum atomic E-state index is -4.56. The van der Waals surface area contributed by atoms with E-state index in [2.05, 4.69) is 25.3 Å². The number of alkyl halides is 3. The molecule has 0 unspecified atom stereocenters. The molecule has 1 aromatic carbocycles. The van der Waals surface area contributed by atoms with Gasteiger partial charge in [0.05, 0.1) is 47.5 Å². The maximum Gasteiger partial charge on any atom is 0.434 e. The number of hydrogen-bond donors (Lipinski definition) is 1. The van der Waals surface area contributed by atoms with Crippen LogP contribution < -0.4 is 5.32 Å². The van der Waals surface area contributed by atoms with E-state index in [9.17, 15) is 22.4 Å². The van der Waals surface area contributed by atoms with Crippen molar-refractivity contribution in [2.24, 2.45) is 0 Å². The molecule has 33 heavy (non-hydrogen) atoms. The van der Waals surface area contributed by atoms with Crippen LogP contribution in [-0.4, -0.2) is 48.9 Å². The second kappa shape index (κ2) is 8.05. The van der Waals surface area contributed by atoms with E-state index in [4.69, 9.17) is 0 Å². The number of amides is 1. The molecule has 2 saturated heterocycles. The first-order chi connectivity index (χ1) is 15.8. The van der Waals surface area contributed by atoms with Gasteiger partial charge < -0.3 is 10.2 Å². The van der Waals surface area contributed by atoms with Gasteiger partial charge in [-0.15, -0.1) is 0 Å². The van der Waals surface area contributed by atoms with Gasteiger partial charge in [0.15, 0.2) is 5.69 Å². The molecule has 3 atom stereocenters. The number of carbonyl (C=O) groups excluding carboxylic acids is 1. The van der Waals surface area contributed by atoms with E-state index in [1.165, 1.54) is 30.7 Å². The SMILES string of the molecule is O=C(c1cccc(F)c1-c1cnccn1)N1[C@@H]2CC[C@H]1[C@H](Nc1cnc(C(F)(F)F)cn1)C2. The summed E-state index contributed by atoms with van der Waals surface area (Å²) in [5.74, 6) is -0.674. The Morgan fingerprint density at radius 2 is 1.91 bits per heavy atom. The lowest BCUT2D eigenvalue weighted by Crippen LogP contribution is -2.40. The number of nitrogens with zero attached hydrogens (tertiary/aromatic N) is 5. The number of fused-ring (bicyclic) bond motifs is 2. The van der Waals surface area contributed by atoms with Gasteiger partial charge in [-0.25, -0.2) is 14.4 Å². The van der Waals surface area contributed by atoms with E-state index in [-0.39, 0.29) is 46.7 Å². The third-order valence-electron chi connectivity index (χ3n) is 6.11. The van der Waals surface area contributed by atoms with E-state index in [1.54, 1.807) is 11.0 Å². The zero-order valence-electron chi connectivity index (χ0n) is 17.1. The molecule has 2 fully saturated rings. The number of nitrogens with one attached hydrogen (secondary N) is 1. The lowest BCUT2D eigenvalue weighted by molar-refractivity contribution is -0.141. The number of anilines is 1. The number of halogens is 4. The molecule has 2 aliphatic heterocycles. The van der Waals surface area contributed by atoms with Crippen LogP contribution in [0.1, 0.15) is 35.3 Å². The minimum Gasteiger partial charge on any atom is -0.364 e. The van der Waals surface area contributed by atoms with Crippen LogP contribution in [0.3, 0.4) is 0 Å². The highest BCUT2D eigenvalue weighted by Crippen LogP contribution is 2.41. The van der Waals surface area contributed by atoms with Crippen molar-refractivity contribution >= 4 is 11.7 Å². The third-order valence-corrected chi connectivity index (χ3v) is 6.11. The van der Waals surface area contributed by atoms with Crippen molar-refractivity contribution < 1.29 is 22.4 Å². The first kappa shape index (κ1) is 21.2. The molecule has 1 N–H and O–H groups in total. The summed E-state index contributed by atoms with van der Waals surface area (Å²) in [6.07, 6.45) is 3.58. The third kappa shape index (κ3) is 3.87. The second-order valence-electron chi connectivity index (χ2n) is 8.04. The van der Waals surface area contributed by atoms with Crippen LogP contribution in [0.25, 0.3) is 11.3 Å². The zero-order valence-corrected chi connectivity index (χ0v) is 17.1. The van der Waals surface area contributed by atoms with Crippen molar-refractivity contribution in [2.75, 3.05) is 5.32 Å². The number of hydrogen-bond acceptors (Lipinski definition) is 6. The molecular weight excluding hydrogens is 440 g/mol. The summed E-state index contributed by atoms with van der Waals surface area (Å²) in [6, 6.07) is 3.84. The first-order valence-electron chi connectivity index (χ1n) is 10.4. The van der Waals surface area contributed by atoms with Gasteiger partial charge in [-0.1, -0.05) is 6.07 Å². The maximum absolute atomic E-state index is 14.7. The van der Waals surface area contributed by atoms with Crippen molar-refractivity contribution in [3.8, 4) is 11.3 Å². The fourth-order valence-corrected chi connectivity index (χ4v) is 4.73. The van der Waals surface area contributed by atoms with E-state index >= 15 is 0 Å². The summed E-state index contributed by atoms with van der Waals surface area (Å²) in [5.41, 5.74) is -0.511. The zero-order chi connectivity index (χ0) is 23.2. The number of aromatic nitrogens is 4. The number of benzene rings is 1. The molecule has 3 aromatic rings. The second-order valence-corrected chi connectivity index (χ2v) is 8.04. The maximum atomic E-state index is 14.7. The van der Waals surface area contributed by atoms with E-state index in [0.717, 1.165) is 19.0 Å². The monoisotopic (exact) mass is 458 g/mol. The standard InChI is InChI=1S/C22H18F4N6O/c23-14-3-1-2-13(20(14)16-9-27-6-7-28-16)21(33)32-12-4-5-17(32)15(8-12)31-19-11-29-18(10-30-19)22(24,25)26/h1-3,6-7,9-12,15,17H,4-5,8H2,(H,30,31)/t12-,15-,17+/m1/s1. The van der Waals surface area contributed by atoms with Gasteiger partial charge in [-0.05, 0) is 31.4 Å². The summed E-state index contributed by atoms with van der Waals surface area (Å²) in [5, 5.41) is 3.11. The normalized spacial score (nSPS) is 21.9. The summed E-state index contributed by atoms with van der Waals surface area (Å²) >= 11 is 0. The predicted molar refractivity (Wildman–Crippen MR) is 109 cm³/mol. The van der Waals surface area contributed by atoms with E-state index < -0.39 is 17.7 Å². The molecule has 2 bridgehead atoms. The van der Waals surface area contributed by atoms with Crippen LogP contribution >= 0.6 is 0 Å². The van der Waals surface area contributed by atoms with E-state index in [0.29, 0.717) is 12.6 Å². The van der Waals surface area contributed by atoms with Crippen molar-refractivity contribution in [3.63, 3.8) is 0 Å². The van der Waals surface area contributed by atoms with Crippen molar-refractivity contribution in [3.05, 3.63) is 66.3 Å². The van der Waals surface area contributed by atoms with Crippen LogP contribution in [0, 0.1) is 5.82 Å². The summed E-state index contributed by atoms with van der Waals surface area (Å²) in [7, 11) is 0. The summed E-state index contributed by atoms with van der Waals surface area (Å²) in [6.45, 7) is 0. The highest BCUT2D eigenvalue weighted by atomic mass is 19.4. The van der Waals surface area contributed by atoms with Gasteiger partial charge in [0.25, 0.3) is 5.91 Å². The van der Waals surface area contributed by atoms with Gasteiger partial charge in [-0.3, -0.25) is 14.8 Å². The largest absolute Gasteiger partial charge is 0.434 e. The number of carbonyl (C=O) groups is 1. The molecule has 4 heterocycles. The molecule has 170 valence electrons. The molecule has 0 radical (unpaired) electrons. The Balaban J connectivity index is 1.39. The molecule has 0 aliphatic carbocycles. The predicted octanol–water partition coefficient (Wildman–Crippen LogP) is 3.95. The first-order valence-corrected chi connectivity index (χ1v) is 10.4. The Morgan fingerprint density at radius 1 is 1.06 bits per heavy atom. The Hall–Kier alpha value is -3.63. The fourth-order valence-electron chi connectivity index (χ4n) is 4.73. The van der Waals surface area contributed by atoms with Crippen LogP contribution in [0.2, 0.25) is 0 Å². The van der Waals surface area contributed by atoms with Crippen molar-refractivity contribution in [2.45, 2.75) is 43.6 Å². The Morgan fingerprint density at radius 3 is 2.61 bits per heavy atom. The molecule has 0 saturated carbocycles. The highest BCUT2D eigenvalue weighted by molar-refractivity contribution is 6.01. The van der Waals surface area contributed by atoms with Crippen LogP contribution in [-0.2, 0) is 6.18 Å². The topological polar surface area (TPSA) is 83.9 Å². The molecule has 2 aliphatic rings.